The number of anilines is 2. The monoisotopic (exact) mass is 466 g/mol. The Bertz CT molecular complexity index is 1280. The molecule has 0 aliphatic carbocycles. The van der Waals surface area contributed by atoms with Crippen LogP contribution in [0.25, 0.3) is 22.0 Å². The number of ether oxygens (including phenoxy) is 1. The van der Waals surface area contributed by atoms with Gasteiger partial charge < -0.3 is 20.6 Å². The van der Waals surface area contributed by atoms with Crippen LogP contribution in [0, 0.1) is 0 Å². The van der Waals surface area contributed by atoms with E-state index >= 15 is 0 Å². The number of hydrogen-bond donors (Lipinski definition) is 2. The van der Waals surface area contributed by atoms with Gasteiger partial charge in [-0.15, -0.1) is 12.4 Å². The minimum Gasteiger partial charge on any atom is -0.478 e. The van der Waals surface area contributed by atoms with E-state index in [0.29, 0.717) is 22.3 Å². The van der Waals surface area contributed by atoms with Gasteiger partial charge in [0, 0.05) is 17.1 Å². The van der Waals surface area contributed by atoms with Gasteiger partial charge in [0.25, 0.3) is 0 Å². The quantitative estimate of drug-likeness (QED) is 0.380. The van der Waals surface area contributed by atoms with Crippen molar-refractivity contribution in [2.45, 2.75) is 6.92 Å². The van der Waals surface area contributed by atoms with Crippen LogP contribution in [0.4, 0.5) is 11.4 Å². The number of aromatic nitrogens is 1. The largest absolute Gasteiger partial charge is 0.478 e. The van der Waals surface area contributed by atoms with Crippen molar-refractivity contribution in [3.8, 4) is 11.1 Å². The van der Waals surface area contributed by atoms with Crippen molar-refractivity contribution in [3.63, 3.8) is 0 Å². The second-order valence-corrected chi connectivity index (χ2v) is 6.81. The van der Waals surface area contributed by atoms with E-state index in [-0.39, 0.29) is 35.6 Å². The minimum atomic E-state index is -1.07. The first kappa shape index (κ1) is 25.3. The number of pyridine rings is 1. The Morgan fingerprint density at radius 3 is 2.33 bits per heavy atom. The SMILES string of the molecule is CCOC(=O)c1cnc2c(-c3ccccc3)cccc2c1Nc1ccccc1C(=O)O.Cl.O. The number of nitrogens with one attached hydrogen (secondary N) is 1. The predicted molar refractivity (Wildman–Crippen MR) is 131 cm³/mol. The molecular formula is C25H23ClN2O5. The molecule has 33 heavy (non-hydrogen) atoms. The highest BCUT2D eigenvalue weighted by Crippen LogP contribution is 2.35. The Labute approximate surface area is 196 Å². The first-order valence-corrected chi connectivity index (χ1v) is 9.83. The molecule has 1 aromatic heterocycles. The molecule has 1 heterocycles. The van der Waals surface area contributed by atoms with Gasteiger partial charge in [0.2, 0.25) is 0 Å². The minimum absolute atomic E-state index is 0. The second-order valence-electron chi connectivity index (χ2n) is 6.81. The zero-order valence-corrected chi connectivity index (χ0v) is 18.6. The molecule has 0 saturated carbocycles. The normalized spacial score (nSPS) is 9.97. The van der Waals surface area contributed by atoms with Crippen molar-refractivity contribution in [2.24, 2.45) is 0 Å². The Hall–Kier alpha value is -3.94. The molecule has 0 radical (unpaired) electrons. The fraction of sp³-hybridized carbons (Fsp3) is 0.0800. The van der Waals surface area contributed by atoms with Crippen molar-refractivity contribution in [2.75, 3.05) is 11.9 Å². The average Bonchev–Trinajstić information content (AvgIpc) is 2.80. The second kappa shape index (κ2) is 11.1. The molecule has 0 fully saturated rings. The molecule has 7 nitrogen and oxygen atoms in total. The Morgan fingerprint density at radius 2 is 1.64 bits per heavy atom. The molecule has 4 N–H and O–H groups in total. The molecule has 0 bridgehead atoms. The zero-order valence-electron chi connectivity index (χ0n) is 17.7. The van der Waals surface area contributed by atoms with Crippen molar-refractivity contribution in [1.82, 2.24) is 4.98 Å². The number of halogens is 1. The van der Waals surface area contributed by atoms with Crippen LogP contribution >= 0.6 is 12.4 Å². The smallest absolute Gasteiger partial charge is 0.341 e. The van der Waals surface area contributed by atoms with Crippen LogP contribution in [0.3, 0.4) is 0 Å². The molecule has 8 heteroatoms. The third-order valence-corrected chi connectivity index (χ3v) is 4.89. The van der Waals surface area contributed by atoms with Crippen molar-refractivity contribution in [1.29, 1.82) is 0 Å². The summed E-state index contributed by atoms with van der Waals surface area (Å²) in [7, 11) is 0. The van der Waals surface area contributed by atoms with E-state index in [1.54, 1.807) is 25.1 Å². The third-order valence-electron chi connectivity index (χ3n) is 4.89. The summed E-state index contributed by atoms with van der Waals surface area (Å²) < 4.78 is 5.21. The van der Waals surface area contributed by atoms with E-state index in [9.17, 15) is 14.7 Å². The molecule has 0 aliphatic rings. The third kappa shape index (κ3) is 5.11. The van der Waals surface area contributed by atoms with Crippen LogP contribution < -0.4 is 5.32 Å². The molecule has 0 atom stereocenters. The number of carboxylic acids is 1. The van der Waals surface area contributed by atoms with Crippen LogP contribution in [0.5, 0.6) is 0 Å². The molecule has 170 valence electrons. The van der Waals surface area contributed by atoms with Crippen LogP contribution in [0.15, 0.2) is 79.0 Å². The van der Waals surface area contributed by atoms with Gasteiger partial charge in [0.15, 0.2) is 0 Å². The van der Waals surface area contributed by atoms with Gasteiger partial charge >= 0.3 is 11.9 Å². The highest BCUT2D eigenvalue weighted by Gasteiger charge is 2.20. The summed E-state index contributed by atoms with van der Waals surface area (Å²) in [6.07, 6.45) is 1.47. The summed E-state index contributed by atoms with van der Waals surface area (Å²) in [5.74, 6) is -1.60. The fourth-order valence-corrected chi connectivity index (χ4v) is 3.49. The van der Waals surface area contributed by atoms with Gasteiger partial charge in [-0.3, -0.25) is 4.98 Å². The Kier molecular flexibility index (Phi) is 8.50. The van der Waals surface area contributed by atoms with Crippen LogP contribution in [0.1, 0.15) is 27.6 Å². The Morgan fingerprint density at radius 1 is 0.939 bits per heavy atom. The number of benzene rings is 3. The van der Waals surface area contributed by atoms with Gasteiger partial charge in [0.1, 0.15) is 5.56 Å². The van der Waals surface area contributed by atoms with Gasteiger partial charge in [-0.25, -0.2) is 9.59 Å². The zero-order chi connectivity index (χ0) is 21.8. The fourth-order valence-electron chi connectivity index (χ4n) is 3.49. The van der Waals surface area contributed by atoms with E-state index in [0.717, 1.165) is 11.1 Å². The summed E-state index contributed by atoms with van der Waals surface area (Å²) in [6.45, 7) is 1.94. The number of carbonyl (C=O) groups excluding carboxylic acids is 1. The van der Waals surface area contributed by atoms with Crippen LogP contribution in [0.2, 0.25) is 0 Å². The molecule has 4 aromatic rings. The average molecular weight is 467 g/mol. The van der Waals surface area contributed by atoms with E-state index in [4.69, 9.17) is 4.74 Å². The standard InChI is InChI=1S/C25H20N2O4.ClH.H2O/c1-2-31-25(30)20-15-26-22-17(16-9-4-3-5-10-16)12-8-13-19(22)23(20)27-21-14-7-6-11-18(21)24(28)29;;/h3-15H,2H2,1H3,(H,26,27)(H,28,29);1H;1H2. The summed E-state index contributed by atoms with van der Waals surface area (Å²) >= 11 is 0. The van der Waals surface area contributed by atoms with Crippen molar-refractivity contribution < 1.29 is 24.9 Å². The van der Waals surface area contributed by atoms with Crippen molar-refractivity contribution in [3.05, 3.63) is 90.1 Å². The molecule has 0 amide bonds. The maximum atomic E-state index is 12.7. The van der Waals surface area contributed by atoms with Gasteiger partial charge in [-0.1, -0.05) is 60.7 Å². The summed E-state index contributed by atoms with van der Waals surface area (Å²) in [6, 6.07) is 22.1. The van der Waals surface area contributed by atoms with Crippen molar-refractivity contribution >= 4 is 46.6 Å². The number of fused-ring (bicyclic) bond motifs is 1. The molecule has 0 aliphatic heterocycles. The number of carbonyl (C=O) groups is 2. The maximum absolute atomic E-state index is 12.7. The lowest BCUT2D eigenvalue weighted by molar-refractivity contribution is 0.0526. The highest BCUT2D eigenvalue weighted by molar-refractivity contribution is 6.10. The topological polar surface area (TPSA) is 120 Å². The molecule has 0 spiro atoms. The number of esters is 1. The summed E-state index contributed by atoms with van der Waals surface area (Å²) in [5.41, 5.74) is 3.75. The number of para-hydroxylation sites is 2. The van der Waals surface area contributed by atoms with Gasteiger partial charge in [-0.2, -0.15) is 0 Å². The molecule has 4 rings (SSSR count). The van der Waals surface area contributed by atoms with Gasteiger partial charge in [-0.05, 0) is 24.6 Å². The highest BCUT2D eigenvalue weighted by atomic mass is 35.5. The lowest BCUT2D eigenvalue weighted by Crippen LogP contribution is -2.11. The molecule has 0 unspecified atom stereocenters. The molecule has 3 aromatic carbocycles. The number of carboxylic acid groups (broad SMARTS) is 1. The molecular weight excluding hydrogens is 444 g/mol. The number of aromatic carboxylic acids is 1. The number of nitrogens with zero attached hydrogens (tertiary/aromatic N) is 1. The summed E-state index contributed by atoms with van der Waals surface area (Å²) in [4.78, 5) is 28.9. The summed E-state index contributed by atoms with van der Waals surface area (Å²) in [5, 5.41) is 13.4. The lowest BCUT2D eigenvalue weighted by Gasteiger charge is -2.17. The molecule has 0 saturated heterocycles. The Balaban J connectivity index is 0.00000193. The lowest BCUT2D eigenvalue weighted by atomic mass is 9.99. The number of rotatable bonds is 6. The number of hydrogen-bond acceptors (Lipinski definition) is 5. The van der Waals surface area contributed by atoms with Crippen LogP contribution in [-0.4, -0.2) is 34.1 Å². The van der Waals surface area contributed by atoms with Gasteiger partial charge in [0.05, 0.1) is 29.1 Å². The van der Waals surface area contributed by atoms with E-state index in [1.807, 2.05) is 48.5 Å². The van der Waals surface area contributed by atoms with E-state index in [1.165, 1.54) is 12.3 Å². The predicted octanol–water partition coefficient (Wildman–Crippen LogP) is 5.12. The van der Waals surface area contributed by atoms with E-state index < -0.39 is 11.9 Å². The maximum Gasteiger partial charge on any atom is 0.341 e. The first-order chi connectivity index (χ1) is 15.1. The van der Waals surface area contributed by atoms with E-state index in [2.05, 4.69) is 10.3 Å². The first-order valence-electron chi connectivity index (χ1n) is 9.83. The van der Waals surface area contributed by atoms with Crippen LogP contribution in [-0.2, 0) is 4.74 Å².